The summed E-state index contributed by atoms with van der Waals surface area (Å²) in [7, 11) is 0. The average molecular weight is 451 g/mol. The fourth-order valence-electron chi connectivity index (χ4n) is 3.17. The lowest BCUT2D eigenvalue weighted by atomic mass is 9.97. The first-order valence-electron chi connectivity index (χ1n) is 9.96. The predicted octanol–water partition coefficient (Wildman–Crippen LogP) is 5.22. The molecule has 8 heteroatoms. The van der Waals surface area contributed by atoms with Crippen LogP contribution in [0, 0.1) is 11.6 Å². The molecule has 32 heavy (non-hydrogen) atoms. The minimum Gasteiger partial charge on any atom is -0.491 e. The van der Waals surface area contributed by atoms with Gasteiger partial charge in [0, 0.05) is 6.54 Å². The van der Waals surface area contributed by atoms with Crippen molar-refractivity contribution in [3.05, 3.63) is 89.5 Å². The molecule has 0 spiro atoms. The van der Waals surface area contributed by atoms with Crippen molar-refractivity contribution >= 4 is 0 Å². The highest BCUT2D eigenvalue weighted by Gasteiger charge is 2.33. The molecule has 0 bridgehead atoms. The molecule has 0 aromatic heterocycles. The van der Waals surface area contributed by atoms with Crippen molar-refractivity contribution in [1.82, 2.24) is 5.32 Å². The van der Waals surface area contributed by atoms with Gasteiger partial charge in [0.25, 0.3) is 0 Å². The number of nitrogens with one attached hydrogen (secondary N) is 1. The van der Waals surface area contributed by atoms with E-state index in [1.165, 1.54) is 54.6 Å². The fraction of sp³-hybridized carbons (Fsp3) is 0.250. The van der Waals surface area contributed by atoms with Crippen molar-refractivity contribution in [2.45, 2.75) is 18.7 Å². The lowest BCUT2D eigenvalue weighted by molar-refractivity contribution is -0.137. The van der Waals surface area contributed by atoms with Gasteiger partial charge in [0.2, 0.25) is 0 Å². The molecular formula is C24H22F5NO2. The monoisotopic (exact) mass is 451 g/mol. The van der Waals surface area contributed by atoms with E-state index < -0.39 is 23.7 Å². The molecule has 3 aromatic rings. The molecule has 0 radical (unpaired) electrons. The summed E-state index contributed by atoms with van der Waals surface area (Å²) in [5.74, 6) is -0.550. The van der Waals surface area contributed by atoms with Crippen LogP contribution in [-0.2, 0) is 12.6 Å². The van der Waals surface area contributed by atoms with Crippen molar-refractivity contribution in [1.29, 1.82) is 0 Å². The Morgan fingerprint density at radius 3 is 2.34 bits per heavy atom. The maximum absolute atomic E-state index is 14.5. The van der Waals surface area contributed by atoms with Gasteiger partial charge in [0.1, 0.15) is 30.1 Å². The third kappa shape index (κ3) is 6.51. The minimum atomic E-state index is -4.53. The van der Waals surface area contributed by atoms with Crippen LogP contribution in [0.4, 0.5) is 22.0 Å². The van der Waals surface area contributed by atoms with Crippen molar-refractivity contribution in [2.24, 2.45) is 0 Å². The van der Waals surface area contributed by atoms with Crippen LogP contribution in [0.2, 0.25) is 0 Å². The quantitative estimate of drug-likeness (QED) is 0.346. The molecule has 0 saturated heterocycles. The molecule has 3 rings (SSSR count). The average Bonchev–Trinajstić information content (AvgIpc) is 2.76. The third-order valence-corrected chi connectivity index (χ3v) is 4.80. The van der Waals surface area contributed by atoms with Gasteiger partial charge in [-0.05, 0) is 66.1 Å². The Balaban J connectivity index is 1.50. The second-order valence-electron chi connectivity index (χ2n) is 7.22. The lowest BCUT2D eigenvalue weighted by Crippen LogP contribution is -2.32. The molecule has 2 N–H and O–H groups in total. The van der Waals surface area contributed by atoms with E-state index in [-0.39, 0.29) is 30.1 Å². The van der Waals surface area contributed by atoms with Gasteiger partial charge in [-0.15, -0.1) is 0 Å². The van der Waals surface area contributed by atoms with E-state index >= 15 is 0 Å². The Morgan fingerprint density at radius 2 is 1.66 bits per heavy atom. The highest BCUT2D eigenvalue weighted by Crippen LogP contribution is 2.37. The van der Waals surface area contributed by atoms with Crippen molar-refractivity contribution < 1.29 is 31.8 Å². The van der Waals surface area contributed by atoms with Crippen LogP contribution in [0.1, 0.15) is 11.1 Å². The van der Waals surface area contributed by atoms with E-state index in [2.05, 4.69) is 5.32 Å². The number of halogens is 5. The van der Waals surface area contributed by atoms with E-state index in [4.69, 9.17) is 4.74 Å². The predicted molar refractivity (Wildman–Crippen MR) is 111 cm³/mol. The topological polar surface area (TPSA) is 41.5 Å². The largest absolute Gasteiger partial charge is 0.491 e. The highest BCUT2D eigenvalue weighted by atomic mass is 19.4. The summed E-state index contributed by atoms with van der Waals surface area (Å²) in [6, 6.07) is 14.5. The Labute approximate surface area is 182 Å². The number of rotatable bonds is 9. The Morgan fingerprint density at radius 1 is 0.938 bits per heavy atom. The minimum absolute atomic E-state index is 0.000302. The van der Waals surface area contributed by atoms with E-state index in [1.807, 2.05) is 0 Å². The summed E-state index contributed by atoms with van der Waals surface area (Å²) in [6.45, 7) is 0.545. The molecule has 1 atom stereocenters. The summed E-state index contributed by atoms with van der Waals surface area (Å²) >= 11 is 0. The molecule has 0 aliphatic carbocycles. The number of ether oxygens (including phenoxy) is 1. The fourth-order valence-corrected chi connectivity index (χ4v) is 3.17. The highest BCUT2D eigenvalue weighted by molar-refractivity contribution is 5.68. The molecular weight excluding hydrogens is 429 g/mol. The molecule has 0 fully saturated rings. The van der Waals surface area contributed by atoms with Crippen LogP contribution in [-0.4, -0.2) is 30.9 Å². The van der Waals surface area contributed by atoms with Crippen LogP contribution >= 0.6 is 0 Å². The van der Waals surface area contributed by atoms with E-state index in [0.717, 1.165) is 12.1 Å². The number of hydrogen-bond acceptors (Lipinski definition) is 3. The van der Waals surface area contributed by atoms with E-state index in [9.17, 15) is 27.1 Å². The first kappa shape index (κ1) is 23.7. The zero-order valence-corrected chi connectivity index (χ0v) is 17.0. The van der Waals surface area contributed by atoms with Crippen LogP contribution in [0.3, 0.4) is 0 Å². The molecule has 0 aliphatic rings. The van der Waals surface area contributed by atoms with Gasteiger partial charge in [0.15, 0.2) is 0 Å². The number of alkyl halides is 3. The van der Waals surface area contributed by atoms with Crippen LogP contribution in [0.15, 0.2) is 66.7 Å². The SMILES string of the molecule is OC(CNCCc1ccc(-c2ccccc2C(F)(F)F)cc1F)COc1ccc(F)cc1. The van der Waals surface area contributed by atoms with Gasteiger partial charge < -0.3 is 15.2 Å². The Bertz CT molecular complexity index is 1020. The maximum atomic E-state index is 14.5. The van der Waals surface area contributed by atoms with Gasteiger partial charge >= 0.3 is 6.18 Å². The summed E-state index contributed by atoms with van der Waals surface area (Å²) in [5, 5.41) is 12.9. The van der Waals surface area contributed by atoms with Gasteiger partial charge in [0.05, 0.1) is 5.56 Å². The molecule has 0 saturated carbocycles. The zero-order chi connectivity index (χ0) is 23.1. The van der Waals surface area contributed by atoms with E-state index in [0.29, 0.717) is 24.3 Å². The summed E-state index contributed by atoms with van der Waals surface area (Å²) < 4.78 is 72.3. The summed E-state index contributed by atoms with van der Waals surface area (Å²) in [6.07, 6.45) is -5.07. The van der Waals surface area contributed by atoms with Crippen LogP contribution < -0.4 is 10.1 Å². The number of aliphatic hydroxyl groups excluding tert-OH is 1. The second kappa shape index (κ2) is 10.6. The third-order valence-electron chi connectivity index (χ3n) is 4.80. The normalized spacial score (nSPS) is 12.6. The van der Waals surface area contributed by atoms with Gasteiger partial charge in [-0.2, -0.15) is 13.2 Å². The van der Waals surface area contributed by atoms with Crippen LogP contribution in [0.25, 0.3) is 11.1 Å². The standard InChI is InChI=1S/C24H22F5NO2/c25-18-7-9-20(10-8-18)32-15-19(31)14-30-12-11-16-5-6-17(13-23(16)26)21-3-1-2-4-22(21)24(27,28)29/h1-10,13,19,30-31H,11-12,14-15H2. The zero-order valence-electron chi connectivity index (χ0n) is 17.0. The van der Waals surface area contributed by atoms with Crippen molar-refractivity contribution in [3.63, 3.8) is 0 Å². The number of hydrogen-bond donors (Lipinski definition) is 2. The molecule has 0 amide bonds. The molecule has 170 valence electrons. The van der Waals surface area contributed by atoms with Gasteiger partial charge in [-0.25, -0.2) is 8.78 Å². The molecule has 1 unspecified atom stereocenters. The smallest absolute Gasteiger partial charge is 0.417 e. The lowest BCUT2D eigenvalue weighted by Gasteiger charge is -2.14. The molecule has 0 heterocycles. The summed E-state index contributed by atoms with van der Waals surface area (Å²) in [5.41, 5.74) is -0.387. The first-order valence-corrected chi connectivity index (χ1v) is 9.96. The maximum Gasteiger partial charge on any atom is 0.417 e. The van der Waals surface area contributed by atoms with Crippen molar-refractivity contribution in [3.8, 4) is 16.9 Å². The second-order valence-corrected chi connectivity index (χ2v) is 7.22. The number of aliphatic hydroxyl groups is 1. The Hall–Kier alpha value is -2.97. The Kier molecular flexibility index (Phi) is 7.82. The molecule has 0 aliphatic heterocycles. The molecule has 3 nitrogen and oxygen atoms in total. The first-order chi connectivity index (χ1) is 15.2. The molecule has 3 aromatic carbocycles. The van der Waals surface area contributed by atoms with Crippen molar-refractivity contribution in [2.75, 3.05) is 19.7 Å². The van der Waals surface area contributed by atoms with Crippen LogP contribution in [0.5, 0.6) is 5.75 Å². The van der Waals surface area contributed by atoms with Gasteiger partial charge in [-0.3, -0.25) is 0 Å². The number of benzene rings is 3. The summed E-state index contributed by atoms with van der Waals surface area (Å²) in [4.78, 5) is 0. The van der Waals surface area contributed by atoms with E-state index in [1.54, 1.807) is 0 Å². The van der Waals surface area contributed by atoms with Gasteiger partial charge in [-0.1, -0.05) is 30.3 Å².